The second-order valence-electron chi connectivity index (χ2n) is 4.01. The van der Waals surface area contributed by atoms with Crippen molar-refractivity contribution < 1.29 is 0 Å². The van der Waals surface area contributed by atoms with Crippen LogP contribution in [-0.2, 0) is 13.1 Å². The van der Waals surface area contributed by atoms with Gasteiger partial charge in [0.1, 0.15) is 5.01 Å². The highest BCUT2D eigenvalue weighted by atomic mass is 32.1. The molecule has 0 atom stereocenters. The first kappa shape index (κ1) is 12.3. The zero-order valence-electron chi connectivity index (χ0n) is 10.5. The molecular formula is C12H18N4S. The van der Waals surface area contributed by atoms with Crippen LogP contribution < -0.4 is 5.32 Å². The number of hydrogen-bond donors (Lipinski definition) is 1. The molecule has 0 aliphatic rings. The van der Waals surface area contributed by atoms with E-state index in [0.29, 0.717) is 0 Å². The van der Waals surface area contributed by atoms with Crippen LogP contribution in [0.1, 0.15) is 28.2 Å². The van der Waals surface area contributed by atoms with Crippen LogP contribution in [0.3, 0.4) is 0 Å². The van der Waals surface area contributed by atoms with Gasteiger partial charge >= 0.3 is 0 Å². The molecule has 0 saturated heterocycles. The number of nitrogens with one attached hydrogen (secondary N) is 1. The average Bonchev–Trinajstić information content (AvgIpc) is 2.85. The molecule has 5 heteroatoms. The van der Waals surface area contributed by atoms with Gasteiger partial charge in [0.15, 0.2) is 0 Å². The van der Waals surface area contributed by atoms with Gasteiger partial charge in [-0.25, -0.2) is 4.98 Å². The molecule has 0 radical (unpaired) electrons. The number of aryl methyl sites for hydroxylation is 2. The van der Waals surface area contributed by atoms with Crippen molar-refractivity contribution in [3.05, 3.63) is 33.5 Å². The van der Waals surface area contributed by atoms with Gasteiger partial charge in [-0.05, 0) is 26.5 Å². The summed E-state index contributed by atoms with van der Waals surface area (Å²) in [6.45, 7) is 8.87. The summed E-state index contributed by atoms with van der Waals surface area (Å²) in [5, 5.41) is 8.79. The van der Waals surface area contributed by atoms with Gasteiger partial charge in [0, 0.05) is 17.6 Å². The third-order valence-corrected chi connectivity index (χ3v) is 3.78. The Morgan fingerprint density at radius 1 is 1.41 bits per heavy atom. The first-order chi connectivity index (χ1) is 8.20. The molecule has 0 unspecified atom stereocenters. The standard InChI is InChI=1S/C12H18N4S/c1-4-13-7-11-5-6-14-16(11)8-12-15-9(2)10(3)17-12/h5-6,13H,4,7-8H2,1-3H3. The van der Waals surface area contributed by atoms with Crippen LogP contribution in [0, 0.1) is 13.8 Å². The molecule has 0 fully saturated rings. The van der Waals surface area contributed by atoms with Crippen molar-refractivity contribution in [1.29, 1.82) is 0 Å². The smallest absolute Gasteiger partial charge is 0.115 e. The third kappa shape index (κ3) is 2.92. The largest absolute Gasteiger partial charge is 0.311 e. The second-order valence-corrected chi connectivity index (χ2v) is 5.30. The molecule has 0 spiro atoms. The van der Waals surface area contributed by atoms with Crippen molar-refractivity contribution in [2.24, 2.45) is 0 Å². The molecule has 4 nitrogen and oxygen atoms in total. The van der Waals surface area contributed by atoms with Crippen LogP contribution in [0.4, 0.5) is 0 Å². The summed E-state index contributed by atoms with van der Waals surface area (Å²) in [6.07, 6.45) is 1.85. The van der Waals surface area contributed by atoms with Gasteiger partial charge in [0.2, 0.25) is 0 Å². The summed E-state index contributed by atoms with van der Waals surface area (Å²) in [5.74, 6) is 0. The molecular weight excluding hydrogens is 232 g/mol. The predicted molar refractivity (Wildman–Crippen MR) is 70.3 cm³/mol. The van der Waals surface area contributed by atoms with Crippen LogP contribution in [0.5, 0.6) is 0 Å². The van der Waals surface area contributed by atoms with E-state index in [4.69, 9.17) is 0 Å². The monoisotopic (exact) mass is 250 g/mol. The SMILES string of the molecule is CCNCc1ccnn1Cc1nc(C)c(C)s1. The van der Waals surface area contributed by atoms with E-state index in [9.17, 15) is 0 Å². The second kappa shape index (κ2) is 5.42. The Kier molecular flexibility index (Phi) is 3.91. The van der Waals surface area contributed by atoms with Gasteiger partial charge in [-0.1, -0.05) is 6.92 Å². The molecule has 17 heavy (non-hydrogen) atoms. The Labute approximate surface area is 106 Å². The van der Waals surface area contributed by atoms with E-state index in [1.807, 2.05) is 10.9 Å². The van der Waals surface area contributed by atoms with Crippen molar-refractivity contribution in [3.8, 4) is 0 Å². The minimum Gasteiger partial charge on any atom is -0.311 e. The maximum Gasteiger partial charge on any atom is 0.115 e. The lowest BCUT2D eigenvalue weighted by Crippen LogP contribution is -2.16. The lowest BCUT2D eigenvalue weighted by Gasteiger charge is -2.05. The minimum absolute atomic E-state index is 0.771. The Hall–Kier alpha value is -1.20. The molecule has 1 N–H and O–H groups in total. The highest BCUT2D eigenvalue weighted by Crippen LogP contribution is 2.17. The van der Waals surface area contributed by atoms with E-state index in [-0.39, 0.29) is 0 Å². The summed E-state index contributed by atoms with van der Waals surface area (Å²) in [5.41, 5.74) is 2.34. The fourth-order valence-corrected chi connectivity index (χ4v) is 2.56. The van der Waals surface area contributed by atoms with Crippen LogP contribution in [0.15, 0.2) is 12.3 Å². The number of aromatic nitrogens is 3. The lowest BCUT2D eigenvalue weighted by molar-refractivity contribution is 0.604. The normalized spacial score (nSPS) is 11.0. The van der Waals surface area contributed by atoms with Crippen molar-refractivity contribution in [2.75, 3.05) is 6.54 Å². The highest BCUT2D eigenvalue weighted by molar-refractivity contribution is 7.11. The van der Waals surface area contributed by atoms with Gasteiger partial charge in [-0.2, -0.15) is 5.10 Å². The Balaban J connectivity index is 2.10. The van der Waals surface area contributed by atoms with Crippen LogP contribution >= 0.6 is 11.3 Å². The average molecular weight is 250 g/mol. The minimum atomic E-state index is 0.771. The summed E-state index contributed by atoms with van der Waals surface area (Å²) in [7, 11) is 0. The molecule has 0 saturated carbocycles. The first-order valence-corrected chi connectivity index (χ1v) is 6.66. The fourth-order valence-electron chi connectivity index (χ4n) is 1.64. The lowest BCUT2D eigenvalue weighted by atomic mass is 10.4. The molecule has 0 aromatic carbocycles. The van der Waals surface area contributed by atoms with Gasteiger partial charge < -0.3 is 5.32 Å². The molecule has 92 valence electrons. The van der Waals surface area contributed by atoms with Crippen molar-refractivity contribution in [1.82, 2.24) is 20.1 Å². The zero-order valence-corrected chi connectivity index (χ0v) is 11.3. The maximum atomic E-state index is 4.54. The number of hydrogen-bond acceptors (Lipinski definition) is 4. The van der Waals surface area contributed by atoms with Gasteiger partial charge in [-0.15, -0.1) is 11.3 Å². The van der Waals surface area contributed by atoms with E-state index in [2.05, 4.69) is 42.2 Å². The number of thiazole rings is 1. The van der Waals surface area contributed by atoms with Crippen molar-refractivity contribution >= 4 is 11.3 Å². The third-order valence-electron chi connectivity index (χ3n) is 2.72. The van der Waals surface area contributed by atoms with Crippen LogP contribution in [0.25, 0.3) is 0 Å². The molecule has 0 aliphatic heterocycles. The molecule has 2 heterocycles. The quantitative estimate of drug-likeness (QED) is 0.884. The molecule has 2 aromatic heterocycles. The van der Waals surface area contributed by atoms with Gasteiger partial charge in [-0.3, -0.25) is 4.68 Å². The van der Waals surface area contributed by atoms with Crippen molar-refractivity contribution in [2.45, 2.75) is 33.9 Å². The Morgan fingerprint density at radius 2 is 2.24 bits per heavy atom. The summed E-state index contributed by atoms with van der Waals surface area (Å²) in [6, 6.07) is 2.05. The van der Waals surface area contributed by atoms with E-state index >= 15 is 0 Å². The van der Waals surface area contributed by atoms with E-state index in [1.54, 1.807) is 11.3 Å². The molecule has 0 amide bonds. The Morgan fingerprint density at radius 3 is 2.88 bits per heavy atom. The van der Waals surface area contributed by atoms with Gasteiger partial charge in [0.25, 0.3) is 0 Å². The zero-order chi connectivity index (χ0) is 12.3. The predicted octanol–water partition coefficient (Wildman–Crippen LogP) is 2.11. The molecule has 0 bridgehead atoms. The van der Waals surface area contributed by atoms with E-state index < -0.39 is 0 Å². The number of nitrogens with zero attached hydrogens (tertiary/aromatic N) is 3. The maximum absolute atomic E-state index is 4.54. The van der Waals surface area contributed by atoms with E-state index in [0.717, 1.165) is 30.3 Å². The van der Waals surface area contributed by atoms with Crippen LogP contribution in [0.2, 0.25) is 0 Å². The van der Waals surface area contributed by atoms with Crippen LogP contribution in [-0.4, -0.2) is 21.3 Å². The number of rotatable bonds is 5. The summed E-state index contributed by atoms with van der Waals surface area (Å²) < 4.78 is 2.01. The summed E-state index contributed by atoms with van der Waals surface area (Å²) >= 11 is 1.75. The van der Waals surface area contributed by atoms with Gasteiger partial charge in [0.05, 0.1) is 17.9 Å². The Bertz CT molecular complexity index is 467. The first-order valence-electron chi connectivity index (χ1n) is 5.85. The molecule has 0 aliphatic carbocycles. The van der Waals surface area contributed by atoms with E-state index in [1.165, 1.54) is 10.6 Å². The highest BCUT2D eigenvalue weighted by Gasteiger charge is 2.07. The topological polar surface area (TPSA) is 42.7 Å². The summed E-state index contributed by atoms with van der Waals surface area (Å²) in [4.78, 5) is 5.84. The molecule has 2 rings (SSSR count). The fraction of sp³-hybridized carbons (Fsp3) is 0.500. The van der Waals surface area contributed by atoms with Crippen molar-refractivity contribution in [3.63, 3.8) is 0 Å². The molecule has 2 aromatic rings.